The highest BCUT2D eigenvalue weighted by Crippen LogP contribution is 2.11. The Morgan fingerprint density at radius 3 is 0.879 bits per heavy atom. The average Bonchev–Trinajstić information content (AvgIpc) is 2.83. The van der Waals surface area contributed by atoms with Crippen molar-refractivity contribution in [3.8, 4) is 0 Å². The Balaban J connectivity index is 4.11. The minimum atomic E-state index is 1.22. The summed E-state index contributed by atoms with van der Waals surface area (Å²) in [4.78, 5) is 5.53. The molecule has 0 aromatic carbocycles. The second-order valence-electron chi connectivity index (χ2n) is 10.6. The SMILES string of the molecule is CCCCCCCCCN(CC)CCN(CCCCCCCCC)CCCCCCCCC. The van der Waals surface area contributed by atoms with Gasteiger partial charge in [-0.05, 0) is 45.4 Å². The lowest BCUT2D eigenvalue weighted by atomic mass is 10.1. The fourth-order valence-corrected chi connectivity index (χ4v) is 4.92. The third-order valence-corrected chi connectivity index (χ3v) is 7.41. The van der Waals surface area contributed by atoms with Crippen LogP contribution in [0.5, 0.6) is 0 Å². The first-order chi connectivity index (χ1) is 16.3. The van der Waals surface area contributed by atoms with Crippen molar-refractivity contribution in [2.45, 2.75) is 163 Å². The second-order valence-corrected chi connectivity index (χ2v) is 10.6. The molecule has 0 aliphatic carbocycles. The Morgan fingerprint density at radius 2 is 0.545 bits per heavy atom. The Kier molecular flexibility index (Phi) is 28.1. The standard InChI is InChI=1S/C31H66N2/c1-5-9-12-15-18-21-24-27-32(8-4)30-31-33(28-25-22-19-16-13-10-6-2)29-26-23-20-17-14-11-7-3/h5-31H2,1-4H3. The van der Waals surface area contributed by atoms with Crippen LogP contribution in [0, 0.1) is 0 Å². The molecular formula is C31H66N2. The van der Waals surface area contributed by atoms with Crippen molar-refractivity contribution < 1.29 is 0 Å². The summed E-state index contributed by atoms with van der Waals surface area (Å²) in [5.41, 5.74) is 0. The van der Waals surface area contributed by atoms with Crippen LogP contribution in [0.3, 0.4) is 0 Å². The van der Waals surface area contributed by atoms with Crippen LogP contribution in [0.2, 0.25) is 0 Å². The average molecular weight is 467 g/mol. The lowest BCUT2D eigenvalue weighted by Gasteiger charge is -2.27. The van der Waals surface area contributed by atoms with E-state index in [1.807, 2.05) is 0 Å². The van der Waals surface area contributed by atoms with E-state index in [2.05, 4.69) is 37.5 Å². The molecule has 0 aliphatic rings. The molecule has 0 radical (unpaired) electrons. The summed E-state index contributed by atoms with van der Waals surface area (Å²) in [6.45, 7) is 17.1. The van der Waals surface area contributed by atoms with E-state index < -0.39 is 0 Å². The number of unbranched alkanes of at least 4 members (excludes halogenated alkanes) is 18. The van der Waals surface area contributed by atoms with Gasteiger partial charge in [0.05, 0.1) is 0 Å². The molecule has 0 aliphatic heterocycles. The number of rotatable bonds is 28. The Hall–Kier alpha value is -0.0800. The van der Waals surface area contributed by atoms with Gasteiger partial charge in [0.25, 0.3) is 0 Å². The molecule has 0 saturated heterocycles. The van der Waals surface area contributed by atoms with E-state index in [1.54, 1.807) is 0 Å². The normalized spacial score (nSPS) is 11.8. The topological polar surface area (TPSA) is 6.48 Å². The van der Waals surface area contributed by atoms with Crippen molar-refractivity contribution in [2.75, 3.05) is 39.3 Å². The summed E-state index contributed by atoms with van der Waals surface area (Å²) in [6.07, 6.45) is 29.9. The van der Waals surface area contributed by atoms with Gasteiger partial charge in [-0.2, -0.15) is 0 Å². The zero-order chi connectivity index (χ0) is 24.2. The number of hydrogen-bond acceptors (Lipinski definition) is 2. The fraction of sp³-hybridized carbons (Fsp3) is 1.00. The van der Waals surface area contributed by atoms with Gasteiger partial charge in [-0.15, -0.1) is 0 Å². The van der Waals surface area contributed by atoms with E-state index in [4.69, 9.17) is 0 Å². The first-order valence-corrected chi connectivity index (χ1v) is 15.7. The fourth-order valence-electron chi connectivity index (χ4n) is 4.92. The van der Waals surface area contributed by atoms with Crippen LogP contribution in [0.15, 0.2) is 0 Å². The van der Waals surface area contributed by atoms with Gasteiger partial charge in [-0.3, -0.25) is 0 Å². The molecule has 200 valence electrons. The molecule has 0 rings (SSSR count). The molecule has 0 unspecified atom stereocenters. The third kappa shape index (κ3) is 24.8. The molecule has 0 heterocycles. The van der Waals surface area contributed by atoms with Gasteiger partial charge in [-0.1, -0.05) is 143 Å². The van der Waals surface area contributed by atoms with Gasteiger partial charge < -0.3 is 9.80 Å². The van der Waals surface area contributed by atoms with Crippen LogP contribution in [0.25, 0.3) is 0 Å². The highest BCUT2D eigenvalue weighted by molar-refractivity contribution is 4.64. The van der Waals surface area contributed by atoms with Gasteiger partial charge in [-0.25, -0.2) is 0 Å². The van der Waals surface area contributed by atoms with Crippen molar-refractivity contribution in [3.05, 3.63) is 0 Å². The summed E-state index contributed by atoms with van der Waals surface area (Å²) in [7, 11) is 0. The largest absolute Gasteiger partial charge is 0.302 e. The molecule has 2 heteroatoms. The number of hydrogen-bond donors (Lipinski definition) is 0. The minimum Gasteiger partial charge on any atom is -0.302 e. The van der Waals surface area contributed by atoms with Crippen LogP contribution in [0.1, 0.15) is 163 Å². The zero-order valence-electron chi connectivity index (χ0n) is 24.0. The lowest BCUT2D eigenvalue weighted by molar-refractivity contribution is 0.200. The Morgan fingerprint density at radius 1 is 0.273 bits per heavy atom. The maximum atomic E-state index is 2.81. The molecule has 33 heavy (non-hydrogen) atoms. The van der Waals surface area contributed by atoms with Gasteiger partial charge in [0.1, 0.15) is 0 Å². The van der Waals surface area contributed by atoms with E-state index in [1.165, 1.54) is 174 Å². The lowest BCUT2D eigenvalue weighted by Crippen LogP contribution is -2.36. The second kappa shape index (κ2) is 28.2. The van der Waals surface area contributed by atoms with Gasteiger partial charge >= 0.3 is 0 Å². The smallest absolute Gasteiger partial charge is 0.0109 e. The van der Waals surface area contributed by atoms with Crippen molar-refractivity contribution in [3.63, 3.8) is 0 Å². The van der Waals surface area contributed by atoms with Crippen LogP contribution >= 0.6 is 0 Å². The van der Waals surface area contributed by atoms with Crippen molar-refractivity contribution in [1.82, 2.24) is 9.80 Å². The summed E-state index contributed by atoms with van der Waals surface area (Å²) < 4.78 is 0. The van der Waals surface area contributed by atoms with E-state index in [0.29, 0.717) is 0 Å². The predicted octanol–water partition coefficient (Wildman–Crippen LogP) is 9.86. The highest BCUT2D eigenvalue weighted by atomic mass is 15.2. The quantitative estimate of drug-likeness (QED) is 0.106. The molecule has 0 saturated carbocycles. The maximum Gasteiger partial charge on any atom is 0.0109 e. The van der Waals surface area contributed by atoms with Crippen LogP contribution in [-0.2, 0) is 0 Å². The first kappa shape index (κ1) is 32.9. The summed E-state index contributed by atoms with van der Waals surface area (Å²) in [5.74, 6) is 0. The maximum absolute atomic E-state index is 2.81. The van der Waals surface area contributed by atoms with Crippen molar-refractivity contribution >= 4 is 0 Å². The van der Waals surface area contributed by atoms with E-state index in [-0.39, 0.29) is 0 Å². The molecule has 0 N–H and O–H groups in total. The number of nitrogens with zero attached hydrogens (tertiary/aromatic N) is 2. The zero-order valence-corrected chi connectivity index (χ0v) is 24.0. The highest BCUT2D eigenvalue weighted by Gasteiger charge is 2.08. The molecular weight excluding hydrogens is 400 g/mol. The molecule has 0 fully saturated rings. The molecule has 2 nitrogen and oxygen atoms in total. The van der Waals surface area contributed by atoms with Crippen LogP contribution < -0.4 is 0 Å². The third-order valence-electron chi connectivity index (χ3n) is 7.41. The Bertz CT molecular complexity index is 326. The minimum absolute atomic E-state index is 1.22. The summed E-state index contributed by atoms with van der Waals surface area (Å²) in [6, 6.07) is 0. The molecule has 0 aromatic rings. The Labute approximate surface area is 211 Å². The molecule has 0 amide bonds. The summed E-state index contributed by atoms with van der Waals surface area (Å²) >= 11 is 0. The first-order valence-electron chi connectivity index (χ1n) is 15.7. The van der Waals surface area contributed by atoms with E-state index in [9.17, 15) is 0 Å². The molecule has 0 aromatic heterocycles. The molecule has 0 spiro atoms. The van der Waals surface area contributed by atoms with Crippen molar-refractivity contribution in [1.29, 1.82) is 0 Å². The summed E-state index contributed by atoms with van der Waals surface area (Å²) in [5, 5.41) is 0. The van der Waals surface area contributed by atoms with E-state index >= 15 is 0 Å². The van der Waals surface area contributed by atoms with Gasteiger partial charge in [0.2, 0.25) is 0 Å². The molecule has 0 bridgehead atoms. The van der Waals surface area contributed by atoms with Crippen molar-refractivity contribution in [2.24, 2.45) is 0 Å². The monoisotopic (exact) mass is 467 g/mol. The predicted molar refractivity (Wildman–Crippen MR) is 153 cm³/mol. The van der Waals surface area contributed by atoms with Gasteiger partial charge in [0.15, 0.2) is 0 Å². The van der Waals surface area contributed by atoms with Gasteiger partial charge in [0, 0.05) is 13.1 Å². The van der Waals surface area contributed by atoms with E-state index in [0.717, 1.165) is 0 Å². The number of likely N-dealkylation sites (N-methyl/N-ethyl adjacent to an activating group) is 1. The van der Waals surface area contributed by atoms with Crippen LogP contribution in [0.4, 0.5) is 0 Å². The van der Waals surface area contributed by atoms with Crippen LogP contribution in [-0.4, -0.2) is 49.1 Å². The molecule has 0 atom stereocenters.